The van der Waals surface area contributed by atoms with E-state index in [0.29, 0.717) is 5.56 Å². The van der Waals surface area contributed by atoms with Crippen LogP contribution in [0.15, 0.2) is 84.9 Å². The highest BCUT2D eigenvalue weighted by molar-refractivity contribution is 5.89. The van der Waals surface area contributed by atoms with Crippen LogP contribution in [0.3, 0.4) is 0 Å². The second kappa shape index (κ2) is 9.03. The largest absolute Gasteiger partial charge is 0.465 e. The molecule has 0 amide bonds. The Labute approximate surface area is 172 Å². The Morgan fingerprint density at radius 3 is 1.72 bits per heavy atom. The smallest absolute Gasteiger partial charge is 0.337 e. The molecule has 148 valence electrons. The number of esters is 1. The number of hydrogen-bond donors (Lipinski definition) is 0. The van der Waals surface area contributed by atoms with Gasteiger partial charge in [0.1, 0.15) is 0 Å². The van der Waals surface area contributed by atoms with Crippen LogP contribution in [0.25, 0.3) is 0 Å². The van der Waals surface area contributed by atoms with Crippen LogP contribution < -0.4 is 0 Å². The Kier molecular flexibility index (Phi) is 6.03. The summed E-state index contributed by atoms with van der Waals surface area (Å²) in [6, 6.07) is 29.0. The molecule has 0 atom stereocenters. The lowest BCUT2D eigenvalue weighted by molar-refractivity contribution is 0.0600. The van der Waals surface area contributed by atoms with Gasteiger partial charge in [-0.3, -0.25) is 9.80 Å². The van der Waals surface area contributed by atoms with Gasteiger partial charge in [-0.15, -0.1) is 0 Å². The second-order valence-electron chi connectivity index (χ2n) is 7.40. The van der Waals surface area contributed by atoms with Gasteiger partial charge in [0.05, 0.1) is 18.8 Å². The molecule has 0 aromatic heterocycles. The van der Waals surface area contributed by atoms with E-state index in [1.807, 2.05) is 12.1 Å². The minimum atomic E-state index is -0.301. The van der Waals surface area contributed by atoms with Gasteiger partial charge in [0.15, 0.2) is 0 Å². The summed E-state index contributed by atoms with van der Waals surface area (Å²) in [7, 11) is 1.41. The summed E-state index contributed by atoms with van der Waals surface area (Å²) in [6.45, 7) is 3.81. The van der Waals surface area contributed by atoms with Gasteiger partial charge in [-0.05, 0) is 28.8 Å². The van der Waals surface area contributed by atoms with E-state index in [0.717, 1.165) is 26.2 Å². The van der Waals surface area contributed by atoms with E-state index in [1.165, 1.54) is 23.8 Å². The first-order valence-electron chi connectivity index (χ1n) is 9.99. The van der Waals surface area contributed by atoms with Crippen molar-refractivity contribution >= 4 is 5.97 Å². The molecule has 0 spiro atoms. The molecule has 1 fully saturated rings. The summed E-state index contributed by atoms with van der Waals surface area (Å²) < 4.78 is 4.84. The molecule has 1 saturated heterocycles. The van der Waals surface area contributed by atoms with Gasteiger partial charge in [-0.1, -0.05) is 72.8 Å². The Balaban J connectivity index is 1.60. The lowest BCUT2D eigenvalue weighted by Crippen LogP contribution is -2.30. The maximum atomic E-state index is 11.8. The molecule has 3 aromatic rings. The topological polar surface area (TPSA) is 32.8 Å². The van der Waals surface area contributed by atoms with Crippen molar-refractivity contribution < 1.29 is 9.53 Å². The SMILES string of the molecule is COC(=O)c1ccc(C2N(Cc3ccccc3)CCN2Cc2ccccc2)cc1. The molecule has 4 heteroatoms. The molecule has 29 heavy (non-hydrogen) atoms. The monoisotopic (exact) mass is 386 g/mol. The summed E-state index contributed by atoms with van der Waals surface area (Å²) in [5.74, 6) is -0.301. The molecular formula is C25H26N2O2. The van der Waals surface area contributed by atoms with Gasteiger partial charge in [0, 0.05) is 26.2 Å². The van der Waals surface area contributed by atoms with E-state index in [9.17, 15) is 4.79 Å². The molecule has 3 aromatic carbocycles. The summed E-state index contributed by atoms with van der Waals surface area (Å²) in [5.41, 5.74) is 4.40. The first-order chi connectivity index (χ1) is 14.2. The number of carbonyl (C=O) groups is 1. The van der Waals surface area contributed by atoms with Gasteiger partial charge >= 0.3 is 5.97 Å². The van der Waals surface area contributed by atoms with Gasteiger partial charge < -0.3 is 4.74 Å². The van der Waals surface area contributed by atoms with Crippen LogP contribution in [0.1, 0.15) is 33.2 Å². The molecule has 0 aliphatic carbocycles. The molecule has 1 aliphatic heterocycles. The number of nitrogens with zero attached hydrogens (tertiary/aromatic N) is 2. The maximum absolute atomic E-state index is 11.8. The first kappa shape index (κ1) is 19.4. The quantitative estimate of drug-likeness (QED) is 0.585. The Morgan fingerprint density at radius 1 is 0.793 bits per heavy atom. The number of methoxy groups -OCH3 is 1. The zero-order valence-corrected chi connectivity index (χ0v) is 16.7. The highest BCUT2D eigenvalue weighted by atomic mass is 16.5. The van der Waals surface area contributed by atoms with Crippen LogP contribution in [0.5, 0.6) is 0 Å². The van der Waals surface area contributed by atoms with Crippen LogP contribution in [-0.4, -0.2) is 36.0 Å². The molecule has 0 radical (unpaired) electrons. The predicted molar refractivity (Wildman–Crippen MR) is 114 cm³/mol. The molecule has 4 rings (SSSR count). The summed E-state index contributed by atoms with van der Waals surface area (Å²) in [6.07, 6.45) is 0.169. The van der Waals surface area contributed by atoms with Crippen LogP contribution in [0.4, 0.5) is 0 Å². The Morgan fingerprint density at radius 2 is 1.28 bits per heavy atom. The fourth-order valence-corrected chi connectivity index (χ4v) is 4.03. The number of carbonyl (C=O) groups excluding carboxylic acids is 1. The van der Waals surface area contributed by atoms with Crippen molar-refractivity contribution in [1.82, 2.24) is 9.80 Å². The summed E-state index contributed by atoms with van der Waals surface area (Å²) >= 11 is 0. The van der Waals surface area contributed by atoms with E-state index in [1.54, 1.807) is 0 Å². The Hall–Kier alpha value is -2.95. The lowest BCUT2D eigenvalue weighted by Gasteiger charge is -2.31. The normalized spacial score (nSPS) is 15.5. The maximum Gasteiger partial charge on any atom is 0.337 e. The lowest BCUT2D eigenvalue weighted by atomic mass is 10.1. The molecule has 4 nitrogen and oxygen atoms in total. The number of ether oxygens (including phenoxy) is 1. The minimum Gasteiger partial charge on any atom is -0.465 e. The van der Waals surface area contributed by atoms with Gasteiger partial charge in [-0.2, -0.15) is 0 Å². The standard InChI is InChI=1S/C25H26N2O2/c1-29-25(28)23-14-12-22(13-15-23)24-26(18-20-8-4-2-5-9-20)16-17-27(24)19-21-10-6-3-7-11-21/h2-15,24H,16-19H2,1H3. The van der Waals surface area contributed by atoms with Gasteiger partial charge in [0.25, 0.3) is 0 Å². The molecule has 1 aliphatic rings. The van der Waals surface area contributed by atoms with E-state index < -0.39 is 0 Å². The molecule has 0 N–H and O–H groups in total. The van der Waals surface area contributed by atoms with Gasteiger partial charge in [-0.25, -0.2) is 4.79 Å². The predicted octanol–water partition coefficient (Wildman–Crippen LogP) is 4.49. The van der Waals surface area contributed by atoms with Crippen LogP contribution in [0, 0.1) is 0 Å². The van der Waals surface area contributed by atoms with Crippen molar-refractivity contribution in [3.05, 3.63) is 107 Å². The highest BCUT2D eigenvalue weighted by Crippen LogP contribution is 2.33. The van der Waals surface area contributed by atoms with Gasteiger partial charge in [0.2, 0.25) is 0 Å². The third kappa shape index (κ3) is 4.56. The van der Waals surface area contributed by atoms with Crippen molar-refractivity contribution in [2.24, 2.45) is 0 Å². The summed E-state index contributed by atoms with van der Waals surface area (Å²) in [4.78, 5) is 16.8. The molecule has 0 unspecified atom stereocenters. The zero-order chi connectivity index (χ0) is 20.1. The Bertz CT molecular complexity index is 877. The van der Waals surface area contributed by atoms with Crippen LogP contribution in [0.2, 0.25) is 0 Å². The number of hydrogen-bond acceptors (Lipinski definition) is 4. The van der Waals surface area contributed by atoms with E-state index >= 15 is 0 Å². The fraction of sp³-hybridized carbons (Fsp3) is 0.240. The zero-order valence-electron chi connectivity index (χ0n) is 16.7. The average molecular weight is 386 g/mol. The molecular weight excluding hydrogens is 360 g/mol. The average Bonchev–Trinajstić information content (AvgIpc) is 3.16. The molecule has 0 bridgehead atoms. The number of benzene rings is 3. The van der Waals surface area contributed by atoms with Crippen molar-refractivity contribution in [1.29, 1.82) is 0 Å². The second-order valence-corrected chi connectivity index (χ2v) is 7.40. The van der Waals surface area contributed by atoms with Crippen molar-refractivity contribution in [3.8, 4) is 0 Å². The fourth-order valence-electron chi connectivity index (χ4n) is 4.03. The summed E-state index contributed by atoms with van der Waals surface area (Å²) in [5, 5.41) is 0. The number of rotatable bonds is 6. The third-order valence-electron chi connectivity index (χ3n) is 5.45. The highest BCUT2D eigenvalue weighted by Gasteiger charge is 2.33. The first-order valence-corrected chi connectivity index (χ1v) is 9.99. The molecule has 0 saturated carbocycles. The van der Waals surface area contributed by atoms with Crippen LogP contribution in [-0.2, 0) is 17.8 Å². The van der Waals surface area contributed by atoms with E-state index in [-0.39, 0.29) is 12.1 Å². The van der Waals surface area contributed by atoms with Crippen LogP contribution >= 0.6 is 0 Å². The van der Waals surface area contributed by atoms with E-state index in [2.05, 4.69) is 82.6 Å². The van der Waals surface area contributed by atoms with E-state index in [4.69, 9.17) is 4.74 Å². The van der Waals surface area contributed by atoms with Crippen molar-refractivity contribution in [3.63, 3.8) is 0 Å². The van der Waals surface area contributed by atoms with Crippen molar-refractivity contribution in [2.45, 2.75) is 19.3 Å². The minimum absolute atomic E-state index is 0.169. The molecule has 1 heterocycles. The van der Waals surface area contributed by atoms with Crippen molar-refractivity contribution in [2.75, 3.05) is 20.2 Å². The third-order valence-corrected chi connectivity index (χ3v) is 5.45.